The Balaban J connectivity index is 1.52. The van der Waals surface area contributed by atoms with Crippen LogP contribution in [0.4, 0.5) is 4.39 Å². The number of aliphatic carboxylic acids is 1. The molecule has 1 heterocycles. The molecule has 1 saturated heterocycles. The van der Waals surface area contributed by atoms with E-state index in [-0.39, 0.29) is 37.2 Å². The number of hydrogen-bond donors (Lipinski definition) is 2. The lowest BCUT2D eigenvalue weighted by Gasteiger charge is -2.23. The fraction of sp³-hybridized carbons (Fsp3) is 0.500. The van der Waals surface area contributed by atoms with Crippen molar-refractivity contribution in [3.63, 3.8) is 0 Å². The molecule has 1 aliphatic carbocycles. The second-order valence-electron chi connectivity index (χ2n) is 6.91. The fourth-order valence-corrected chi connectivity index (χ4v) is 4.01. The van der Waals surface area contributed by atoms with Crippen LogP contribution in [0.5, 0.6) is 0 Å². The van der Waals surface area contributed by atoms with Gasteiger partial charge in [0, 0.05) is 13.1 Å². The van der Waals surface area contributed by atoms with Crippen molar-refractivity contribution in [3.05, 3.63) is 35.6 Å². The zero-order valence-corrected chi connectivity index (χ0v) is 13.8. The van der Waals surface area contributed by atoms with Crippen molar-refractivity contribution in [2.24, 2.45) is 11.3 Å². The number of amides is 2. The molecule has 1 aromatic rings. The van der Waals surface area contributed by atoms with Crippen LogP contribution in [0.3, 0.4) is 0 Å². The molecule has 2 atom stereocenters. The standard InChI is InChI=1S/C18H21FN2O4/c19-14-5-1-3-12(7-14)8-15(22)20-9-16(23)21-10-13-4-2-6-18(13,11-21)17(24)25/h1,3,5,7,13H,2,4,6,8-11H2,(H,20,22)(H,24,25)/t13-,18+/m0/s1. The number of nitrogens with one attached hydrogen (secondary N) is 1. The molecule has 6 nitrogen and oxygen atoms in total. The number of likely N-dealkylation sites (tertiary alicyclic amines) is 1. The lowest BCUT2D eigenvalue weighted by atomic mass is 9.81. The molecule has 2 fully saturated rings. The van der Waals surface area contributed by atoms with Crippen molar-refractivity contribution in [2.45, 2.75) is 25.7 Å². The van der Waals surface area contributed by atoms with Crippen molar-refractivity contribution >= 4 is 17.8 Å². The average Bonchev–Trinajstić information content (AvgIpc) is 3.11. The predicted molar refractivity (Wildman–Crippen MR) is 87.1 cm³/mol. The molecule has 0 aromatic heterocycles. The highest BCUT2D eigenvalue weighted by Crippen LogP contribution is 2.48. The van der Waals surface area contributed by atoms with Gasteiger partial charge >= 0.3 is 5.97 Å². The van der Waals surface area contributed by atoms with E-state index >= 15 is 0 Å². The van der Waals surface area contributed by atoms with Crippen LogP contribution in [0.1, 0.15) is 24.8 Å². The Labute approximate surface area is 145 Å². The van der Waals surface area contributed by atoms with E-state index in [4.69, 9.17) is 0 Å². The minimum absolute atomic E-state index is 0.00283. The Bertz CT molecular complexity index is 708. The second kappa shape index (κ2) is 6.82. The molecule has 2 N–H and O–H groups in total. The van der Waals surface area contributed by atoms with Crippen LogP contribution in [-0.2, 0) is 20.8 Å². The third kappa shape index (κ3) is 3.50. The zero-order chi connectivity index (χ0) is 18.0. The number of rotatable bonds is 5. The van der Waals surface area contributed by atoms with Gasteiger partial charge in [-0.2, -0.15) is 0 Å². The van der Waals surface area contributed by atoms with E-state index in [1.807, 2.05) is 0 Å². The maximum atomic E-state index is 13.1. The Hall–Kier alpha value is -2.44. The smallest absolute Gasteiger partial charge is 0.311 e. The molecule has 3 rings (SSSR count). The van der Waals surface area contributed by atoms with Gasteiger partial charge in [-0.1, -0.05) is 18.6 Å². The lowest BCUT2D eigenvalue weighted by Crippen LogP contribution is -2.41. The first-order chi connectivity index (χ1) is 11.9. The van der Waals surface area contributed by atoms with Gasteiger partial charge in [0.15, 0.2) is 0 Å². The maximum absolute atomic E-state index is 13.1. The molecule has 134 valence electrons. The third-order valence-electron chi connectivity index (χ3n) is 5.34. The first kappa shape index (κ1) is 17.4. The fourth-order valence-electron chi connectivity index (χ4n) is 4.01. The second-order valence-corrected chi connectivity index (χ2v) is 6.91. The molecular formula is C18H21FN2O4. The number of carbonyl (C=O) groups is 3. The molecule has 0 bridgehead atoms. The summed E-state index contributed by atoms with van der Waals surface area (Å²) in [6, 6.07) is 5.74. The van der Waals surface area contributed by atoms with E-state index in [1.54, 1.807) is 11.0 Å². The van der Waals surface area contributed by atoms with Crippen LogP contribution < -0.4 is 5.32 Å². The largest absolute Gasteiger partial charge is 0.481 e. The van der Waals surface area contributed by atoms with Crippen molar-refractivity contribution in [1.82, 2.24) is 10.2 Å². The third-order valence-corrected chi connectivity index (χ3v) is 5.34. The van der Waals surface area contributed by atoms with Crippen LogP contribution >= 0.6 is 0 Å². The van der Waals surface area contributed by atoms with Gasteiger partial charge in [-0.3, -0.25) is 14.4 Å². The molecule has 1 aliphatic heterocycles. The molecule has 0 spiro atoms. The van der Waals surface area contributed by atoms with Gasteiger partial charge in [-0.15, -0.1) is 0 Å². The molecular weight excluding hydrogens is 327 g/mol. The van der Waals surface area contributed by atoms with E-state index < -0.39 is 17.2 Å². The van der Waals surface area contributed by atoms with E-state index in [9.17, 15) is 23.9 Å². The van der Waals surface area contributed by atoms with Crippen LogP contribution in [0.15, 0.2) is 24.3 Å². The summed E-state index contributed by atoms with van der Waals surface area (Å²) in [5, 5.41) is 12.1. The van der Waals surface area contributed by atoms with Crippen LogP contribution in [-0.4, -0.2) is 47.4 Å². The van der Waals surface area contributed by atoms with Gasteiger partial charge < -0.3 is 15.3 Å². The van der Waals surface area contributed by atoms with E-state index in [0.717, 1.165) is 12.8 Å². The summed E-state index contributed by atoms with van der Waals surface area (Å²) in [4.78, 5) is 37.4. The van der Waals surface area contributed by atoms with Crippen molar-refractivity contribution in [3.8, 4) is 0 Å². The molecule has 2 aliphatic rings. The van der Waals surface area contributed by atoms with Crippen molar-refractivity contribution in [1.29, 1.82) is 0 Å². The average molecular weight is 348 g/mol. The van der Waals surface area contributed by atoms with Crippen LogP contribution in [0.25, 0.3) is 0 Å². The highest BCUT2D eigenvalue weighted by molar-refractivity contribution is 5.87. The molecule has 7 heteroatoms. The number of benzene rings is 1. The van der Waals surface area contributed by atoms with Gasteiger partial charge in [0.25, 0.3) is 0 Å². The molecule has 0 unspecified atom stereocenters. The number of carbonyl (C=O) groups excluding carboxylic acids is 2. The van der Waals surface area contributed by atoms with Crippen molar-refractivity contribution in [2.75, 3.05) is 19.6 Å². The summed E-state index contributed by atoms with van der Waals surface area (Å²) in [7, 11) is 0. The number of carboxylic acids is 1. The zero-order valence-electron chi connectivity index (χ0n) is 13.8. The van der Waals surface area contributed by atoms with Gasteiger partial charge in [-0.05, 0) is 36.5 Å². The first-order valence-corrected chi connectivity index (χ1v) is 8.43. The molecule has 0 radical (unpaired) electrons. The Morgan fingerprint density at radius 3 is 2.84 bits per heavy atom. The molecule has 25 heavy (non-hydrogen) atoms. The number of halogens is 1. The summed E-state index contributed by atoms with van der Waals surface area (Å²) in [6.07, 6.45) is 2.29. The Morgan fingerprint density at radius 1 is 1.36 bits per heavy atom. The van der Waals surface area contributed by atoms with Crippen molar-refractivity contribution < 1.29 is 23.9 Å². The van der Waals surface area contributed by atoms with Gasteiger partial charge in [0.2, 0.25) is 11.8 Å². The SMILES string of the molecule is O=C(Cc1cccc(F)c1)NCC(=O)N1C[C@@H]2CCC[C@@]2(C(=O)O)C1. The quantitative estimate of drug-likeness (QED) is 0.837. The molecule has 1 saturated carbocycles. The lowest BCUT2D eigenvalue weighted by molar-refractivity contribution is -0.149. The van der Waals surface area contributed by atoms with Crippen LogP contribution in [0.2, 0.25) is 0 Å². The van der Waals surface area contributed by atoms with E-state index in [2.05, 4.69) is 5.32 Å². The van der Waals surface area contributed by atoms with E-state index in [0.29, 0.717) is 18.5 Å². The predicted octanol–water partition coefficient (Wildman–Crippen LogP) is 1.20. The number of nitrogens with zero attached hydrogens (tertiary/aromatic N) is 1. The summed E-state index contributed by atoms with van der Waals surface area (Å²) >= 11 is 0. The summed E-state index contributed by atoms with van der Waals surface area (Å²) in [5.41, 5.74) is -0.285. The van der Waals surface area contributed by atoms with Gasteiger partial charge in [0.1, 0.15) is 5.82 Å². The maximum Gasteiger partial charge on any atom is 0.311 e. The number of hydrogen-bond acceptors (Lipinski definition) is 3. The highest BCUT2D eigenvalue weighted by Gasteiger charge is 2.55. The summed E-state index contributed by atoms with van der Waals surface area (Å²) < 4.78 is 13.1. The summed E-state index contributed by atoms with van der Waals surface area (Å²) in [5.74, 6) is -1.89. The van der Waals surface area contributed by atoms with Gasteiger partial charge in [0.05, 0.1) is 18.4 Å². The topological polar surface area (TPSA) is 86.7 Å². The first-order valence-electron chi connectivity index (χ1n) is 8.43. The summed E-state index contributed by atoms with van der Waals surface area (Å²) in [6.45, 7) is 0.479. The minimum Gasteiger partial charge on any atom is -0.481 e. The van der Waals surface area contributed by atoms with Crippen LogP contribution in [0, 0.1) is 17.2 Å². The van der Waals surface area contributed by atoms with E-state index in [1.165, 1.54) is 18.2 Å². The highest BCUT2D eigenvalue weighted by atomic mass is 19.1. The number of fused-ring (bicyclic) bond motifs is 1. The Kier molecular flexibility index (Phi) is 4.74. The molecule has 2 amide bonds. The normalized spacial score (nSPS) is 24.8. The monoisotopic (exact) mass is 348 g/mol. The van der Waals surface area contributed by atoms with Gasteiger partial charge in [-0.25, -0.2) is 4.39 Å². The Morgan fingerprint density at radius 2 is 2.16 bits per heavy atom. The minimum atomic E-state index is -0.833. The molecule has 1 aromatic carbocycles. The number of carboxylic acid groups (broad SMARTS) is 1.